The number of hydrogen-bond acceptors (Lipinski definition) is 6. The van der Waals surface area contributed by atoms with Gasteiger partial charge in [-0.15, -0.1) is 0 Å². The Balaban J connectivity index is 1.52. The Morgan fingerprint density at radius 3 is 2.69 bits per heavy atom. The van der Waals surface area contributed by atoms with Crippen LogP contribution >= 0.6 is 0 Å². The van der Waals surface area contributed by atoms with Crippen molar-refractivity contribution in [2.75, 3.05) is 26.4 Å². The lowest BCUT2D eigenvalue weighted by atomic mass is 10.1. The number of hydrogen-bond donors (Lipinski definition) is 0. The van der Waals surface area contributed by atoms with Gasteiger partial charge in [-0.2, -0.15) is 0 Å². The zero-order valence-corrected chi connectivity index (χ0v) is 17.5. The van der Waals surface area contributed by atoms with Crippen molar-refractivity contribution in [1.29, 1.82) is 0 Å². The highest BCUT2D eigenvalue weighted by molar-refractivity contribution is 5.94. The molecule has 1 aliphatic heterocycles. The van der Waals surface area contributed by atoms with Crippen molar-refractivity contribution in [1.82, 2.24) is 0 Å². The molecule has 0 bridgehead atoms. The lowest BCUT2D eigenvalue weighted by molar-refractivity contribution is -0.162. The average Bonchev–Trinajstić information content (AvgIpc) is 2.71. The summed E-state index contributed by atoms with van der Waals surface area (Å²) in [6.07, 6.45) is 7.80. The summed E-state index contributed by atoms with van der Waals surface area (Å²) < 4.78 is 22.1. The minimum absolute atomic E-state index is 0.00173. The molecular weight excluding hydrogens is 372 g/mol. The molecule has 1 atom stereocenters. The van der Waals surface area contributed by atoms with E-state index in [9.17, 15) is 9.59 Å². The third-order valence-electron chi connectivity index (χ3n) is 4.66. The molecule has 6 heteroatoms. The first kappa shape index (κ1) is 23.4. The second kappa shape index (κ2) is 14.1. The summed E-state index contributed by atoms with van der Waals surface area (Å²) in [6.45, 7) is 3.84. The molecule has 0 amide bonds. The molecule has 0 saturated carbocycles. The molecule has 1 heterocycles. The molecule has 0 radical (unpaired) electrons. The molecule has 1 aliphatic rings. The Morgan fingerprint density at radius 1 is 1.07 bits per heavy atom. The summed E-state index contributed by atoms with van der Waals surface area (Å²) in [6, 6.07) is 8.17. The molecule has 162 valence electrons. The summed E-state index contributed by atoms with van der Waals surface area (Å²) in [7, 11) is 0. The number of aryl methyl sites for hydroxylation is 1. The average molecular weight is 407 g/mol. The van der Waals surface area contributed by atoms with E-state index < -0.39 is 5.97 Å². The predicted octanol–water partition coefficient (Wildman–Crippen LogP) is 4.23. The number of carbonyl (C=O) groups excluding carboxylic acids is 2. The Kier molecular flexibility index (Phi) is 11.4. The van der Waals surface area contributed by atoms with Crippen LogP contribution in [0.5, 0.6) is 5.75 Å². The highest BCUT2D eigenvalue weighted by atomic mass is 16.7. The highest BCUT2D eigenvalue weighted by Crippen LogP contribution is 2.17. The topological polar surface area (TPSA) is 71.1 Å². The zero-order valence-electron chi connectivity index (χ0n) is 17.5. The van der Waals surface area contributed by atoms with E-state index in [1.807, 2.05) is 12.1 Å². The quantitative estimate of drug-likeness (QED) is 0.262. The number of ketones is 1. The summed E-state index contributed by atoms with van der Waals surface area (Å²) in [5.41, 5.74) is 1.26. The minimum atomic E-state index is -0.456. The van der Waals surface area contributed by atoms with Gasteiger partial charge in [0.05, 0.1) is 13.2 Å². The van der Waals surface area contributed by atoms with E-state index in [0.29, 0.717) is 19.6 Å². The van der Waals surface area contributed by atoms with Gasteiger partial charge in [0.15, 0.2) is 6.29 Å². The fourth-order valence-corrected chi connectivity index (χ4v) is 3.11. The lowest BCUT2D eigenvalue weighted by Crippen LogP contribution is -2.22. The largest absolute Gasteiger partial charge is 0.494 e. The van der Waals surface area contributed by atoms with Gasteiger partial charge in [-0.1, -0.05) is 12.1 Å². The monoisotopic (exact) mass is 406 g/mol. The molecule has 1 unspecified atom stereocenters. The molecular formula is C23H34O6. The molecule has 2 rings (SSSR count). The number of carbonyl (C=O) groups is 2. The number of Topliss-reactive ketones (excluding diaryl/α,β-unsaturated/α-hetero) is 1. The molecule has 6 nitrogen and oxygen atoms in total. The van der Waals surface area contributed by atoms with Crippen LogP contribution in [-0.4, -0.2) is 44.5 Å². The Bertz CT molecular complexity index is 609. The maximum Gasteiger partial charge on any atom is 0.313 e. The molecule has 1 fully saturated rings. The van der Waals surface area contributed by atoms with Gasteiger partial charge in [0.1, 0.15) is 18.0 Å². The molecule has 29 heavy (non-hydrogen) atoms. The normalized spacial score (nSPS) is 16.4. The number of esters is 1. The van der Waals surface area contributed by atoms with Crippen LogP contribution in [-0.2, 0) is 30.2 Å². The van der Waals surface area contributed by atoms with E-state index in [4.69, 9.17) is 18.9 Å². The second-order valence-electron chi connectivity index (χ2n) is 7.43. The van der Waals surface area contributed by atoms with Crippen LogP contribution in [0.25, 0.3) is 0 Å². The van der Waals surface area contributed by atoms with Gasteiger partial charge in [0, 0.05) is 13.2 Å². The van der Waals surface area contributed by atoms with Crippen LogP contribution in [0, 0.1) is 0 Å². The standard InChI is InChI=1S/C23H34O6/c1-19(24)17-22(25)27-14-7-6-13-26-21-11-8-10-20(18-21)9-2-4-15-28-23-12-3-5-16-29-23/h8,10-11,18,23H,2-7,9,12-17H2,1H3. The van der Waals surface area contributed by atoms with Gasteiger partial charge in [0.25, 0.3) is 0 Å². The number of ether oxygens (including phenoxy) is 4. The fourth-order valence-electron chi connectivity index (χ4n) is 3.11. The van der Waals surface area contributed by atoms with Crippen LogP contribution in [0.15, 0.2) is 24.3 Å². The maximum absolute atomic E-state index is 11.3. The Hall–Kier alpha value is -1.92. The van der Waals surface area contributed by atoms with E-state index in [0.717, 1.165) is 57.5 Å². The van der Waals surface area contributed by atoms with Gasteiger partial charge in [-0.3, -0.25) is 9.59 Å². The molecule has 1 aromatic carbocycles. The van der Waals surface area contributed by atoms with Crippen molar-refractivity contribution in [2.45, 2.75) is 71.0 Å². The van der Waals surface area contributed by atoms with E-state index in [1.54, 1.807) is 0 Å². The third-order valence-corrected chi connectivity index (χ3v) is 4.66. The zero-order chi connectivity index (χ0) is 20.7. The first-order chi connectivity index (χ1) is 14.1. The first-order valence-electron chi connectivity index (χ1n) is 10.7. The van der Waals surface area contributed by atoms with E-state index in [-0.39, 0.29) is 18.5 Å². The Labute approximate surface area is 173 Å². The minimum Gasteiger partial charge on any atom is -0.494 e. The SMILES string of the molecule is CC(=O)CC(=O)OCCCCOc1cccc(CCCCOC2CCCCO2)c1. The number of rotatable bonds is 14. The smallest absolute Gasteiger partial charge is 0.313 e. The van der Waals surface area contributed by atoms with Crippen molar-refractivity contribution in [3.63, 3.8) is 0 Å². The van der Waals surface area contributed by atoms with Crippen LogP contribution in [0.3, 0.4) is 0 Å². The summed E-state index contributed by atoms with van der Waals surface area (Å²) in [5, 5.41) is 0. The summed E-state index contributed by atoms with van der Waals surface area (Å²) >= 11 is 0. The molecule has 0 N–H and O–H groups in total. The van der Waals surface area contributed by atoms with Crippen molar-refractivity contribution in [2.24, 2.45) is 0 Å². The number of benzene rings is 1. The van der Waals surface area contributed by atoms with Crippen LogP contribution in [0.4, 0.5) is 0 Å². The Morgan fingerprint density at radius 2 is 1.90 bits per heavy atom. The van der Waals surface area contributed by atoms with Gasteiger partial charge >= 0.3 is 5.97 Å². The number of unbranched alkanes of at least 4 members (excludes halogenated alkanes) is 2. The van der Waals surface area contributed by atoms with Crippen LogP contribution < -0.4 is 4.74 Å². The van der Waals surface area contributed by atoms with Gasteiger partial charge in [-0.05, 0) is 76.0 Å². The fraction of sp³-hybridized carbons (Fsp3) is 0.652. The van der Waals surface area contributed by atoms with Crippen molar-refractivity contribution in [3.8, 4) is 5.75 Å². The second-order valence-corrected chi connectivity index (χ2v) is 7.43. The predicted molar refractivity (Wildman–Crippen MR) is 110 cm³/mol. The van der Waals surface area contributed by atoms with E-state index in [1.165, 1.54) is 18.9 Å². The van der Waals surface area contributed by atoms with Crippen molar-refractivity contribution in [3.05, 3.63) is 29.8 Å². The molecule has 0 spiro atoms. The molecule has 1 saturated heterocycles. The van der Waals surface area contributed by atoms with Crippen molar-refractivity contribution < 1.29 is 28.5 Å². The van der Waals surface area contributed by atoms with E-state index in [2.05, 4.69) is 12.1 Å². The van der Waals surface area contributed by atoms with Gasteiger partial charge in [0.2, 0.25) is 0 Å². The lowest BCUT2D eigenvalue weighted by Gasteiger charge is -2.22. The molecule has 1 aromatic rings. The van der Waals surface area contributed by atoms with E-state index >= 15 is 0 Å². The maximum atomic E-state index is 11.3. The van der Waals surface area contributed by atoms with Crippen LogP contribution in [0.1, 0.15) is 63.9 Å². The van der Waals surface area contributed by atoms with Crippen molar-refractivity contribution >= 4 is 11.8 Å². The van der Waals surface area contributed by atoms with Gasteiger partial charge in [-0.25, -0.2) is 0 Å². The molecule has 0 aromatic heterocycles. The molecule has 0 aliphatic carbocycles. The summed E-state index contributed by atoms with van der Waals surface area (Å²) in [5.74, 6) is 0.231. The summed E-state index contributed by atoms with van der Waals surface area (Å²) in [4.78, 5) is 22.1. The highest BCUT2D eigenvalue weighted by Gasteiger charge is 2.13. The third kappa shape index (κ3) is 11.0. The van der Waals surface area contributed by atoms with Crippen LogP contribution in [0.2, 0.25) is 0 Å². The first-order valence-corrected chi connectivity index (χ1v) is 10.7. The van der Waals surface area contributed by atoms with Gasteiger partial charge < -0.3 is 18.9 Å².